The number of carboxylic acids is 1. The molecular weight excluding hydrogens is 382 g/mol. The quantitative estimate of drug-likeness (QED) is 0.641. The van der Waals surface area contributed by atoms with E-state index in [0.29, 0.717) is 17.4 Å². The normalized spacial score (nSPS) is 19.3. The highest BCUT2D eigenvalue weighted by Gasteiger charge is 2.33. The molecule has 2 unspecified atom stereocenters. The molecule has 1 heterocycles. The van der Waals surface area contributed by atoms with Crippen molar-refractivity contribution in [3.05, 3.63) is 76.8 Å². The Balaban J connectivity index is 1.67. The van der Waals surface area contributed by atoms with Gasteiger partial charge in [0.05, 0.1) is 5.37 Å². The van der Waals surface area contributed by atoms with E-state index in [9.17, 15) is 9.90 Å². The third-order valence-electron chi connectivity index (χ3n) is 4.58. The molecule has 4 nitrogen and oxygen atoms in total. The zero-order chi connectivity index (χ0) is 18.8. The fraction of sp³-hybridized carbons (Fsp3) is 0.190. The van der Waals surface area contributed by atoms with E-state index in [1.807, 2.05) is 48.5 Å². The minimum absolute atomic E-state index is 0.127. The van der Waals surface area contributed by atoms with Crippen molar-refractivity contribution in [2.75, 3.05) is 5.75 Å². The fourth-order valence-corrected chi connectivity index (χ4v) is 4.61. The van der Waals surface area contributed by atoms with Crippen molar-refractivity contribution in [2.24, 2.45) is 0 Å². The maximum Gasteiger partial charge on any atom is 0.321 e. The Labute approximate surface area is 166 Å². The third kappa shape index (κ3) is 3.90. The number of carbonyl (C=O) groups is 1. The van der Waals surface area contributed by atoms with Crippen molar-refractivity contribution in [3.8, 4) is 5.75 Å². The number of carboxylic acid groups (broad SMARTS) is 1. The first kappa shape index (κ1) is 18.2. The van der Waals surface area contributed by atoms with E-state index in [-0.39, 0.29) is 5.37 Å². The summed E-state index contributed by atoms with van der Waals surface area (Å²) in [5.41, 5.74) is 2.02. The zero-order valence-electron chi connectivity index (χ0n) is 14.4. The molecule has 0 aromatic heterocycles. The number of hydrogen-bond acceptors (Lipinski definition) is 4. The summed E-state index contributed by atoms with van der Waals surface area (Å²) in [4.78, 5) is 11.3. The number of ether oxygens (including phenoxy) is 1. The minimum Gasteiger partial charge on any atom is -0.489 e. The molecule has 0 radical (unpaired) electrons. The highest BCUT2D eigenvalue weighted by atomic mass is 35.5. The van der Waals surface area contributed by atoms with E-state index < -0.39 is 12.0 Å². The lowest BCUT2D eigenvalue weighted by molar-refractivity contribution is -0.138. The standard InChI is InChI=1S/C21H18ClNO3S/c22-15-8-5-13(6-9-15)11-26-18-10-7-14-3-1-2-4-16(14)19(18)20-23-17(12-27-20)21(24)25/h1-10,17,20,23H,11-12H2,(H,24,25). The van der Waals surface area contributed by atoms with Crippen molar-refractivity contribution in [1.82, 2.24) is 5.32 Å². The molecule has 0 amide bonds. The number of nitrogens with one attached hydrogen (secondary N) is 1. The average molecular weight is 400 g/mol. The van der Waals surface area contributed by atoms with Gasteiger partial charge >= 0.3 is 5.97 Å². The predicted molar refractivity (Wildman–Crippen MR) is 109 cm³/mol. The Morgan fingerprint density at radius 2 is 1.93 bits per heavy atom. The molecule has 1 saturated heterocycles. The number of rotatable bonds is 5. The molecule has 2 N–H and O–H groups in total. The van der Waals surface area contributed by atoms with Gasteiger partial charge in [-0.25, -0.2) is 0 Å². The van der Waals surface area contributed by atoms with E-state index in [2.05, 4.69) is 17.4 Å². The Morgan fingerprint density at radius 3 is 2.67 bits per heavy atom. The number of fused-ring (bicyclic) bond motifs is 1. The lowest BCUT2D eigenvalue weighted by Crippen LogP contribution is -2.33. The van der Waals surface area contributed by atoms with Crippen LogP contribution in [0.15, 0.2) is 60.7 Å². The van der Waals surface area contributed by atoms with Crippen LogP contribution in [0, 0.1) is 0 Å². The Bertz CT molecular complexity index is 977. The van der Waals surface area contributed by atoms with E-state index in [4.69, 9.17) is 16.3 Å². The lowest BCUT2D eigenvalue weighted by atomic mass is 10.0. The molecule has 0 aliphatic carbocycles. The Hall–Kier alpha value is -2.21. The van der Waals surface area contributed by atoms with Crippen LogP contribution in [0.4, 0.5) is 0 Å². The van der Waals surface area contributed by atoms with Crippen LogP contribution in [-0.2, 0) is 11.4 Å². The van der Waals surface area contributed by atoms with Crippen LogP contribution in [0.5, 0.6) is 5.75 Å². The van der Waals surface area contributed by atoms with Crippen LogP contribution in [0.1, 0.15) is 16.5 Å². The SMILES string of the molecule is O=C(O)C1CSC(c2c(OCc3ccc(Cl)cc3)ccc3ccccc23)N1. The molecule has 27 heavy (non-hydrogen) atoms. The molecule has 1 aliphatic heterocycles. The second-order valence-electron chi connectivity index (χ2n) is 6.38. The molecular formula is C21H18ClNO3S. The number of halogens is 1. The highest BCUT2D eigenvalue weighted by molar-refractivity contribution is 7.99. The van der Waals surface area contributed by atoms with E-state index >= 15 is 0 Å². The van der Waals surface area contributed by atoms with Gasteiger partial charge in [-0.1, -0.05) is 54.1 Å². The smallest absolute Gasteiger partial charge is 0.321 e. The summed E-state index contributed by atoms with van der Waals surface area (Å²) in [7, 11) is 0. The molecule has 3 aromatic carbocycles. The van der Waals surface area contributed by atoms with Gasteiger partial charge in [-0.05, 0) is 34.5 Å². The lowest BCUT2D eigenvalue weighted by Gasteiger charge is -2.19. The summed E-state index contributed by atoms with van der Waals surface area (Å²) in [6.45, 7) is 0.419. The van der Waals surface area contributed by atoms with Crippen LogP contribution in [0.25, 0.3) is 10.8 Å². The molecule has 1 fully saturated rings. The fourth-order valence-electron chi connectivity index (χ4n) is 3.19. The molecule has 138 valence electrons. The summed E-state index contributed by atoms with van der Waals surface area (Å²) in [5.74, 6) is 0.466. The minimum atomic E-state index is -0.825. The first-order valence-electron chi connectivity index (χ1n) is 8.61. The molecule has 6 heteroatoms. The van der Waals surface area contributed by atoms with Crippen LogP contribution in [0.2, 0.25) is 5.02 Å². The summed E-state index contributed by atoms with van der Waals surface area (Å²) < 4.78 is 6.14. The largest absolute Gasteiger partial charge is 0.489 e. The number of hydrogen-bond donors (Lipinski definition) is 2. The van der Waals surface area contributed by atoms with Crippen LogP contribution < -0.4 is 10.1 Å². The molecule has 2 atom stereocenters. The van der Waals surface area contributed by atoms with Gasteiger partial charge in [-0.15, -0.1) is 11.8 Å². The van der Waals surface area contributed by atoms with Crippen molar-refractivity contribution >= 4 is 40.1 Å². The molecule has 0 spiro atoms. The second-order valence-corrected chi connectivity index (χ2v) is 7.96. The van der Waals surface area contributed by atoms with E-state index in [0.717, 1.165) is 27.6 Å². The molecule has 1 aliphatic rings. The predicted octanol–water partition coefficient (Wildman–Crippen LogP) is 4.86. The van der Waals surface area contributed by atoms with E-state index in [1.165, 1.54) is 0 Å². The zero-order valence-corrected chi connectivity index (χ0v) is 16.0. The number of benzene rings is 3. The average Bonchev–Trinajstić information content (AvgIpc) is 3.17. The van der Waals surface area contributed by atoms with Gasteiger partial charge in [0.1, 0.15) is 18.4 Å². The van der Waals surface area contributed by atoms with Gasteiger partial charge in [0.25, 0.3) is 0 Å². The highest BCUT2D eigenvalue weighted by Crippen LogP contribution is 2.42. The molecule has 3 aromatic rings. The van der Waals surface area contributed by atoms with Crippen LogP contribution in [-0.4, -0.2) is 22.9 Å². The van der Waals surface area contributed by atoms with Gasteiger partial charge in [0, 0.05) is 16.3 Å². The summed E-state index contributed by atoms with van der Waals surface area (Å²) in [6.07, 6.45) is 0. The van der Waals surface area contributed by atoms with Crippen LogP contribution in [0.3, 0.4) is 0 Å². The number of thioether (sulfide) groups is 1. The van der Waals surface area contributed by atoms with Gasteiger partial charge < -0.3 is 9.84 Å². The first-order valence-corrected chi connectivity index (χ1v) is 10.0. The maximum absolute atomic E-state index is 11.3. The van der Waals surface area contributed by atoms with Crippen molar-refractivity contribution < 1.29 is 14.6 Å². The van der Waals surface area contributed by atoms with Crippen molar-refractivity contribution in [3.63, 3.8) is 0 Å². The Morgan fingerprint density at radius 1 is 1.15 bits per heavy atom. The van der Waals surface area contributed by atoms with Gasteiger partial charge in [0.15, 0.2) is 0 Å². The van der Waals surface area contributed by atoms with Gasteiger partial charge in [0.2, 0.25) is 0 Å². The second kappa shape index (κ2) is 7.80. The maximum atomic E-state index is 11.3. The van der Waals surface area contributed by atoms with Gasteiger partial charge in [-0.2, -0.15) is 0 Å². The topological polar surface area (TPSA) is 58.6 Å². The molecule has 4 rings (SSSR count). The van der Waals surface area contributed by atoms with Crippen molar-refractivity contribution in [1.29, 1.82) is 0 Å². The first-order chi connectivity index (χ1) is 13.1. The van der Waals surface area contributed by atoms with Gasteiger partial charge in [-0.3, -0.25) is 10.1 Å². The van der Waals surface area contributed by atoms with Crippen LogP contribution >= 0.6 is 23.4 Å². The summed E-state index contributed by atoms with van der Waals surface area (Å²) in [6, 6.07) is 19.1. The molecule has 0 bridgehead atoms. The summed E-state index contributed by atoms with van der Waals surface area (Å²) in [5, 5.41) is 15.3. The van der Waals surface area contributed by atoms with Crippen molar-refractivity contribution in [2.45, 2.75) is 18.0 Å². The third-order valence-corrected chi connectivity index (χ3v) is 6.06. The number of aliphatic carboxylic acids is 1. The van der Waals surface area contributed by atoms with E-state index in [1.54, 1.807) is 11.8 Å². The monoisotopic (exact) mass is 399 g/mol. The summed E-state index contributed by atoms with van der Waals surface area (Å²) >= 11 is 7.54. The molecule has 0 saturated carbocycles. The Kier molecular flexibility index (Phi) is 5.25.